The quantitative estimate of drug-likeness (QED) is 0.825. The molecule has 3 N–H and O–H groups in total. The standard InChI is InChI=1S/C17H19N3/c1-12(2)15-6-3-13(4-7-15)11-20-17-8-5-14(10-18)9-16(17)19/h3-9,12,20H,11,19H2,1-2H3. The smallest absolute Gasteiger partial charge is 0.0992 e. The largest absolute Gasteiger partial charge is 0.397 e. The Kier molecular flexibility index (Phi) is 4.27. The van der Waals surface area contributed by atoms with Crippen molar-refractivity contribution >= 4 is 11.4 Å². The van der Waals surface area contributed by atoms with Crippen molar-refractivity contribution in [3.8, 4) is 6.07 Å². The molecule has 3 nitrogen and oxygen atoms in total. The number of nitrogens with zero attached hydrogens (tertiary/aromatic N) is 1. The molecule has 0 saturated heterocycles. The normalized spacial score (nSPS) is 10.3. The van der Waals surface area contributed by atoms with E-state index in [0.717, 1.165) is 5.69 Å². The molecule has 0 unspecified atom stereocenters. The van der Waals surface area contributed by atoms with Gasteiger partial charge in [0.15, 0.2) is 0 Å². The number of hydrogen-bond acceptors (Lipinski definition) is 3. The molecule has 2 rings (SSSR count). The van der Waals surface area contributed by atoms with Gasteiger partial charge in [0.2, 0.25) is 0 Å². The number of anilines is 2. The van der Waals surface area contributed by atoms with E-state index >= 15 is 0 Å². The summed E-state index contributed by atoms with van der Waals surface area (Å²) in [5, 5.41) is 12.1. The average Bonchev–Trinajstić information content (AvgIpc) is 2.46. The Morgan fingerprint density at radius 3 is 2.40 bits per heavy atom. The molecule has 0 bridgehead atoms. The number of nitrogens with two attached hydrogens (primary N) is 1. The summed E-state index contributed by atoms with van der Waals surface area (Å²) in [4.78, 5) is 0. The van der Waals surface area contributed by atoms with Crippen LogP contribution in [0, 0.1) is 11.3 Å². The summed E-state index contributed by atoms with van der Waals surface area (Å²) in [6, 6.07) is 15.9. The highest BCUT2D eigenvalue weighted by Crippen LogP contribution is 2.21. The number of benzene rings is 2. The van der Waals surface area contributed by atoms with E-state index in [1.165, 1.54) is 11.1 Å². The first-order chi connectivity index (χ1) is 9.60. The number of rotatable bonds is 4. The fourth-order valence-corrected chi connectivity index (χ4v) is 2.01. The predicted molar refractivity (Wildman–Crippen MR) is 83.4 cm³/mol. The van der Waals surface area contributed by atoms with Gasteiger partial charge in [-0.05, 0) is 35.2 Å². The van der Waals surface area contributed by atoms with Gasteiger partial charge in [0.1, 0.15) is 0 Å². The van der Waals surface area contributed by atoms with Crippen LogP contribution < -0.4 is 11.1 Å². The molecule has 2 aromatic rings. The third-order valence-corrected chi connectivity index (χ3v) is 3.31. The van der Waals surface area contributed by atoms with Gasteiger partial charge in [0, 0.05) is 6.54 Å². The zero-order chi connectivity index (χ0) is 14.5. The van der Waals surface area contributed by atoms with Crippen LogP contribution in [0.15, 0.2) is 42.5 Å². The van der Waals surface area contributed by atoms with Crippen LogP contribution in [0.1, 0.15) is 36.5 Å². The zero-order valence-corrected chi connectivity index (χ0v) is 11.9. The Bertz CT molecular complexity index is 622. The molecule has 2 aromatic carbocycles. The van der Waals surface area contributed by atoms with Crippen LogP contribution in [0.2, 0.25) is 0 Å². The maximum Gasteiger partial charge on any atom is 0.0992 e. The van der Waals surface area contributed by atoms with Crippen LogP contribution in [-0.4, -0.2) is 0 Å². The SMILES string of the molecule is CC(C)c1ccc(CNc2ccc(C#N)cc2N)cc1. The van der Waals surface area contributed by atoms with Crippen molar-refractivity contribution in [3.63, 3.8) is 0 Å². The second-order valence-corrected chi connectivity index (χ2v) is 5.16. The van der Waals surface area contributed by atoms with E-state index in [0.29, 0.717) is 23.7 Å². The predicted octanol–water partition coefficient (Wildman–Crippen LogP) is 3.88. The number of nitriles is 1. The minimum Gasteiger partial charge on any atom is -0.397 e. The Balaban J connectivity index is 2.03. The summed E-state index contributed by atoms with van der Waals surface area (Å²) in [5.74, 6) is 0.547. The molecule has 102 valence electrons. The Morgan fingerprint density at radius 1 is 1.15 bits per heavy atom. The van der Waals surface area contributed by atoms with Gasteiger partial charge in [0.05, 0.1) is 23.0 Å². The molecule has 20 heavy (non-hydrogen) atoms. The third-order valence-electron chi connectivity index (χ3n) is 3.31. The average molecular weight is 265 g/mol. The van der Waals surface area contributed by atoms with Gasteiger partial charge in [-0.2, -0.15) is 5.26 Å². The van der Waals surface area contributed by atoms with Crippen molar-refractivity contribution in [1.29, 1.82) is 5.26 Å². The molecule has 0 radical (unpaired) electrons. The van der Waals surface area contributed by atoms with E-state index in [4.69, 9.17) is 11.0 Å². The third kappa shape index (κ3) is 3.30. The molecule has 0 saturated carbocycles. The number of hydrogen-bond donors (Lipinski definition) is 2. The molecular weight excluding hydrogens is 246 g/mol. The topological polar surface area (TPSA) is 61.8 Å². The summed E-state index contributed by atoms with van der Waals surface area (Å²) >= 11 is 0. The Labute approximate surface area is 120 Å². The Hall–Kier alpha value is -2.47. The highest BCUT2D eigenvalue weighted by atomic mass is 14.9. The minimum atomic E-state index is 0.547. The van der Waals surface area contributed by atoms with E-state index < -0.39 is 0 Å². The lowest BCUT2D eigenvalue weighted by atomic mass is 10.0. The molecule has 0 amide bonds. The van der Waals surface area contributed by atoms with Gasteiger partial charge in [-0.25, -0.2) is 0 Å². The molecule has 0 aliphatic rings. The maximum absolute atomic E-state index is 8.81. The second kappa shape index (κ2) is 6.12. The van der Waals surface area contributed by atoms with Crippen molar-refractivity contribution in [3.05, 3.63) is 59.2 Å². The highest BCUT2D eigenvalue weighted by molar-refractivity contribution is 5.68. The van der Waals surface area contributed by atoms with Crippen LogP contribution >= 0.6 is 0 Å². The molecule has 0 aliphatic heterocycles. The lowest BCUT2D eigenvalue weighted by Crippen LogP contribution is -2.03. The van der Waals surface area contributed by atoms with Crippen LogP contribution in [0.3, 0.4) is 0 Å². The van der Waals surface area contributed by atoms with Crippen LogP contribution in [0.5, 0.6) is 0 Å². The first kappa shape index (κ1) is 14.0. The fourth-order valence-electron chi connectivity index (χ4n) is 2.01. The van der Waals surface area contributed by atoms with E-state index in [1.807, 2.05) is 6.07 Å². The Morgan fingerprint density at radius 2 is 1.85 bits per heavy atom. The highest BCUT2D eigenvalue weighted by Gasteiger charge is 2.02. The monoisotopic (exact) mass is 265 g/mol. The van der Waals surface area contributed by atoms with Crippen molar-refractivity contribution in [1.82, 2.24) is 0 Å². The van der Waals surface area contributed by atoms with E-state index in [1.54, 1.807) is 12.1 Å². The van der Waals surface area contributed by atoms with Gasteiger partial charge >= 0.3 is 0 Å². The van der Waals surface area contributed by atoms with Crippen LogP contribution in [-0.2, 0) is 6.54 Å². The summed E-state index contributed by atoms with van der Waals surface area (Å²) in [6.07, 6.45) is 0. The van der Waals surface area contributed by atoms with E-state index in [2.05, 4.69) is 49.5 Å². The van der Waals surface area contributed by atoms with Gasteiger partial charge < -0.3 is 11.1 Å². The fraction of sp³-hybridized carbons (Fsp3) is 0.235. The molecule has 0 spiro atoms. The van der Waals surface area contributed by atoms with Crippen molar-refractivity contribution in [2.24, 2.45) is 0 Å². The van der Waals surface area contributed by atoms with E-state index in [9.17, 15) is 0 Å². The van der Waals surface area contributed by atoms with Crippen molar-refractivity contribution < 1.29 is 0 Å². The lowest BCUT2D eigenvalue weighted by molar-refractivity contribution is 0.865. The van der Waals surface area contributed by atoms with Crippen LogP contribution in [0.25, 0.3) is 0 Å². The lowest BCUT2D eigenvalue weighted by Gasteiger charge is -2.11. The number of nitrogen functional groups attached to an aromatic ring is 1. The molecule has 0 aliphatic carbocycles. The first-order valence-corrected chi connectivity index (χ1v) is 6.72. The molecular formula is C17H19N3. The van der Waals surface area contributed by atoms with Gasteiger partial charge in [-0.1, -0.05) is 38.1 Å². The zero-order valence-electron chi connectivity index (χ0n) is 11.9. The van der Waals surface area contributed by atoms with Gasteiger partial charge in [0.25, 0.3) is 0 Å². The second-order valence-electron chi connectivity index (χ2n) is 5.16. The summed E-state index contributed by atoms with van der Waals surface area (Å²) in [5.41, 5.74) is 10.5. The molecule has 3 heteroatoms. The van der Waals surface area contributed by atoms with Crippen molar-refractivity contribution in [2.75, 3.05) is 11.1 Å². The summed E-state index contributed by atoms with van der Waals surface area (Å²) in [7, 11) is 0. The summed E-state index contributed by atoms with van der Waals surface area (Å²) in [6.45, 7) is 5.09. The van der Waals surface area contributed by atoms with Gasteiger partial charge in [-0.15, -0.1) is 0 Å². The molecule has 0 heterocycles. The first-order valence-electron chi connectivity index (χ1n) is 6.72. The molecule has 0 aromatic heterocycles. The van der Waals surface area contributed by atoms with Crippen molar-refractivity contribution in [2.45, 2.75) is 26.3 Å². The van der Waals surface area contributed by atoms with E-state index in [-0.39, 0.29) is 0 Å². The van der Waals surface area contributed by atoms with Gasteiger partial charge in [-0.3, -0.25) is 0 Å². The summed E-state index contributed by atoms with van der Waals surface area (Å²) < 4.78 is 0. The maximum atomic E-state index is 8.81. The van der Waals surface area contributed by atoms with Crippen LogP contribution in [0.4, 0.5) is 11.4 Å². The number of nitrogens with one attached hydrogen (secondary N) is 1. The molecule has 0 fully saturated rings. The molecule has 0 atom stereocenters. The minimum absolute atomic E-state index is 0.547.